The highest BCUT2D eigenvalue weighted by Crippen LogP contribution is 2.24. The van der Waals surface area contributed by atoms with E-state index >= 15 is 0 Å². The Bertz CT molecular complexity index is 636. The number of anilines is 1. The molecule has 0 atom stereocenters. The third-order valence-electron chi connectivity index (χ3n) is 4.74. The van der Waals surface area contributed by atoms with Crippen molar-refractivity contribution in [2.24, 2.45) is 5.92 Å². The minimum Gasteiger partial charge on any atom is -0.384 e. The number of hydrogen-bond donors (Lipinski definition) is 1. The number of rotatable bonds is 6. The van der Waals surface area contributed by atoms with Crippen molar-refractivity contribution in [3.05, 3.63) is 36.0 Å². The number of nitrogens with one attached hydrogen (secondary N) is 1. The zero-order valence-electron chi connectivity index (χ0n) is 14.2. The number of methoxy groups -OCH3 is 1. The molecule has 124 valence electrons. The Balaban J connectivity index is 1.57. The quantitative estimate of drug-likeness (QED) is 0.888. The van der Waals surface area contributed by atoms with Crippen LogP contribution in [0.5, 0.6) is 0 Å². The molecule has 4 nitrogen and oxygen atoms in total. The highest BCUT2D eigenvalue weighted by Gasteiger charge is 2.18. The van der Waals surface area contributed by atoms with Crippen LogP contribution in [0.1, 0.15) is 18.5 Å². The van der Waals surface area contributed by atoms with Gasteiger partial charge in [0, 0.05) is 37.0 Å². The van der Waals surface area contributed by atoms with Crippen molar-refractivity contribution >= 4 is 16.6 Å². The van der Waals surface area contributed by atoms with E-state index in [9.17, 15) is 0 Å². The number of ether oxygens (including phenoxy) is 1. The van der Waals surface area contributed by atoms with E-state index < -0.39 is 0 Å². The molecule has 0 amide bonds. The second kappa shape index (κ2) is 7.75. The Kier molecular flexibility index (Phi) is 5.47. The van der Waals surface area contributed by atoms with Gasteiger partial charge in [-0.3, -0.25) is 4.98 Å². The van der Waals surface area contributed by atoms with Gasteiger partial charge in [0.1, 0.15) is 0 Å². The van der Waals surface area contributed by atoms with Gasteiger partial charge in [-0.25, -0.2) is 0 Å². The van der Waals surface area contributed by atoms with E-state index in [1.807, 2.05) is 6.07 Å². The largest absolute Gasteiger partial charge is 0.384 e. The highest BCUT2D eigenvalue weighted by atomic mass is 16.5. The SMILES string of the molecule is COCCN1CCC(CNc2cc(C)nc3ccccc23)CC1. The van der Waals surface area contributed by atoms with Crippen molar-refractivity contribution < 1.29 is 4.74 Å². The van der Waals surface area contributed by atoms with E-state index in [0.717, 1.165) is 36.8 Å². The first-order chi connectivity index (χ1) is 11.3. The molecular formula is C19H27N3O. The minimum atomic E-state index is 0.751. The number of hydrogen-bond acceptors (Lipinski definition) is 4. The van der Waals surface area contributed by atoms with Gasteiger partial charge in [0.15, 0.2) is 0 Å². The van der Waals surface area contributed by atoms with Gasteiger partial charge < -0.3 is 15.0 Å². The average molecular weight is 313 g/mol. The monoisotopic (exact) mass is 313 g/mol. The molecule has 0 saturated carbocycles. The van der Waals surface area contributed by atoms with Crippen molar-refractivity contribution in [1.29, 1.82) is 0 Å². The van der Waals surface area contributed by atoms with Gasteiger partial charge in [0.2, 0.25) is 0 Å². The molecule has 2 aromatic rings. The first kappa shape index (κ1) is 16.2. The van der Waals surface area contributed by atoms with E-state index in [0.29, 0.717) is 0 Å². The lowest BCUT2D eigenvalue weighted by Gasteiger charge is -2.32. The fraction of sp³-hybridized carbons (Fsp3) is 0.526. The van der Waals surface area contributed by atoms with Gasteiger partial charge in [0.25, 0.3) is 0 Å². The van der Waals surface area contributed by atoms with E-state index in [1.165, 1.54) is 37.0 Å². The number of likely N-dealkylation sites (tertiary alicyclic amines) is 1. The minimum absolute atomic E-state index is 0.751. The molecule has 0 aliphatic carbocycles. The molecule has 0 radical (unpaired) electrons. The Morgan fingerprint density at radius 2 is 2.04 bits per heavy atom. The van der Waals surface area contributed by atoms with Crippen LogP contribution in [0.25, 0.3) is 10.9 Å². The van der Waals surface area contributed by atoms with Crippen molar-refractivity contribution in [2.45, 2.75) is 19.8 Å². The molecule has 2 heterocycles. The number of benzene rings is 1. The van der Waals surface area contributed by atoms with Crippen molar-refractivity contribution in [1.82, 2.24) is 9.88 Å². The lowest BCUT2D eigenvalue weighted by atomic mass is 9.96. The summed E-state index contributed by atoms with van der Waals surface area (Å²) in [5.41, 5.74) is 3.36. The summed E-state index contributed by atoms with van der Waals surface area (Å²) in [6, 6.07) is 10.5. The van der Waals surface area contributed by atoms with Crippen LogP contribution in [0, 0.1) is 12.8 Å². The number of aromatic nitrogens is 1. The zero-order chi connectivity index (χ0) is 16.1. The lowest BCUT2D eigenvalue weighted by Crippen LogP contribution is -2.37. The summed E-state index contributed by atoms with van der Waals surface area (Å²) in [5.74, 6) is 0.751. The molecule has 0 spiro atoms. The van der Waals surface area contributed by atoms with Crippen LogP contribution in [0.4, 0.5) is 5.69 Å². The van der Waals surface area contributed by atoms with E-state index in [4.69, 9.17) is 4.74 Å². The standard InChI is InChI=1S/C19H27N3O/c1-15-13-19(17-5-3-4-6-18(17)21-15)20-14-16-7-9-22(10-8-16)11-12-23-2/h3-6,13,16H,7-12,14H2,1-2H3,(H,20,21). The predicted molar refractivity (Wildman–Crippen MR) is 96.0 cm³/mol. The summed E-state index contributed by atoms with van der Waals surface area (Å²) in [7, 11) is 1.78. The predicted octanol–water partition coefficient (Wildman–Crippen LogP) is 3.31. The van der Waals surface area contributed by atoms with Crippen LogP contribution in [0.15, 0.2) is 30.3 Å². The maximum atomic E-state index is 5.17. The molecule has 1 fully saturated rings. The molecule has 1 aromatic heterocycles. The second-order valence-electron chi connectivity index (χ2n) is 6.49. The number of aryl methyl sites for hydroxylation is 1. The number of pyridine rings is 1. The van der Waals surface area contributed by atoms with Gasteiger partial charge >= 0.3 is 0 Å². The van der Waals surface area contributed by atoms with Crippen LogP contribution in [0.3, 0.4) is 0 Å². The number of para-hydroxylation sites is 1. The third-order valence-corrected chi connectivity index (χ3v) is 4.74. The summed E-state index contributed by atoms with van der Waals surface area (Å²) < 4.78 is 5.17. The normalized spacial score (nSPS) is 16.8. The van der Waals surface area contributed by atoms with Crippen LogP contribution in [-0.4, -0.2) is 49.8 Å². The molecule has 1 aliphatic rings. The summed E-state index contributed by atoms with van der Waals surface area (Å²) in [6.07, 6.45) is 2.53. The smallest absolute Gasteiger partial charge is 0.0725 e. The molecule has 3 rings (SSSR count). The average Bonchev–Trinajstić information content (AvgIpc) is 2.58. The van der Waals surface area contributed by atoms with Crippen molar-refractivity contribution in [3.8, 4) is 0 Å². The fourth-order valence-electron chi connectivity index (χ4n) is 3.34. The number of fused-ring (bicyclic) bond motifs is 1. The van der Waals surface area contributed by atoms with Crippen molar-refractivity contribution in [3.63, 3.8) is 0 Å². The maximum Gasteiger partial charge on any atom is 0.0725 e. The molecule has 0 unspecified atom stereocenters. The molecular weight excluding hydrogens is 286 g/mol. The van der Waals surface area contributed by atoms with Gasteiger partial charge in [-0.2, -0.15) is 0 Å². The zero-order valence-corrected chi connectivity index (χ0v) is 14.2. The first-order valence-electron chi connectivity index (χ1n) is 8.58. The molecule has 4 heteroatoms. The highest BCUT2D eigenvalue weighted by molar-refractivity contribution is 5.91. The summed E-state index contributed by atoms with van der Waals surface area (Å²) in [4.78, 5) is 7.12. The first-order valence-corrected chi connectivity index (χ1v) is 8.58. The van der Waals surface area contributed by atoms with Crippen LogP contribution in [0.2, 0.25) is 0 Å². The molecule has 1 aliphatic heterocycles. The fourth-order valence-corrected chi connectivity index (χ4v) is 3.34. The lowest BCUT2D eigenvalue weighted by molar-refractivity contribution is 0.122. The molecule has 1 aromatic carbocycles. The summed E-state index contributed by atoms with van der Waals surface area (Å²) in [5, 5.41) is 4.89. The Morgan fingerprint density at radius 3 is 2.83 bits per heavy atom. The summed E-state index contributed by atoms with van der Waals surface area (Å²) >= 11 is 0. The van der Waals surface area contributed by atoms with Gasteiger partial charge in [-0.15, -0.1) is 0 Å². The van der Waals surface area contributed by atoms with Crippen LogP contribution in [-0.2, 0) is 4.74 Å². The van der Waals surface area contributed by atoms with Gasteiger partial charge in [-0.1, -0.05) is 18.2 Å². The second-order valence-corrected chi connectivity index (χ2v) is 6.49. The van der Waals surface area contributed by atoms with E-state index in [1.54, 1.807) is 7.11 Å². The molecule has 0 bridgehead atoms. The van der Waals surface area contributed by atoms with Crippen molar-refractivity contribution in [2.75, 3.05) is 45.2 Å². The topological polar surface area (TPSA) is 37.4 Å². The Hall–Kier alpha value is -1.65. The van der Waals surface area contributed by atoms with Gasteiger partial charge in [-0.05, 0) is 50.9 Å². The van der Waals surface area contributed by atoms with Gasteiger partial charge in [0.05, 0.1) is 12.1 Å². The Labute approximate surface area is 138 Å². The van der Waals surface area contributed by atoms with Crippen LogP contribution < -0.4 is 5.32 Å². The molecule has 1 N–H and O–H groups in total. The summed E-state index contributed by atoms with van der Waals surface area (Å²) in [6.45, 7) is 7.38. The number of nitrogens with zero attached hydrogens (tertiary/aromatic N) is 2. The Morgan fingerprint density at radius 1 is 1.26 bits per heavy atom. The number of piperidine rings is 1. The van der Waals surface area contributed by atoms with E-state index in [-0.39, 0.29) is 0 Å². The van der Waals surface area contributed by atoms with E-state index in [2.05, 4.69) is 46.4 Å². The molecule has 1 saturated heterocycles. The van der Waals surface area contributed by atoms with Crippen LogP contribution >= 0.6 is 0 Å². The third kappa shape index (κ3) is 4.21. The maximum absolute atomic E-state index is 5.17. The molecule has 23 heavy (non-hydrogen) atoms.